The third-order valence-electron chi connectivity index (χ3n) is 7.04. The average molecular weight is 431 g/mol. The number of rotatable bonds is 2. The maximum Gasteiger partial charge on any atom is -0.000786 e. The zero-order valence-electron chi connectivity index (χ0n) is 18.7. The van der Waals surface area contributed by atoms with Crippen LogP contribution in [0, 0.1) is 0 Å². The molecule has 34 heavy (non-hydrogen) atoms. The van der Waals surface area contributed by atoms with Crippen LogP contribution in [0.5, 0.6) is 0 Å². The Hall–Kier alpha value is -4.42. The van der Waals surface area contributed by atoms with Crippen LogP contribution in [0.4, 0.5) is 0 Å². The van der Waals surface area contributed by atoms with Crippen LogP contribution in [0.15, 0.2) is 133 Å². The lowest BCUT2D eigenvalue weighted by Gasteiger charge is -2.19. The molecule has 7 rings (SSSR count). The molecule has 0 radical (unpaired) electrons. The van der Waals surface area contributed by atoms with Gasteiger partial charge < -0.3 is 0 Å². The van der Waals surface area contributed by atoms with Crippen LogP contribution in [0.1, 0.15) is 0 Å². The molecular formula is C34H22. The first kappa shape index (κ1) is 19.1. The summed E-state index contributed by atoms with van der Waals surface area (Å²) >= 11 is 0. The molecule has 0 aromatic heterocycles. The molecule has 0 nitrogen and oxygen atoms in total. The molecular weight excluding hydrogens is 408 g/mol. The molecule has 0 aliphatic rings. The maximum atomic E-state index is 2.33. The van der Waals surface area contributed by atoms with Crippen LogP contribution >= 0.6 is 0 Å². The second-order valence-corrected chi connectivity index (χ2v) is 8.90. The second kappa shape index (κ2) is 7.57. The molecule has 158 valence electrons. The number of hydrogen-bond acceptors (Lipinski definition) is 0. The molecule has 0 heterocycles. The van der Waals surface area contributed by atoms with Crippen molar-refractivity contribution in [1.29, 1.82) is 0 Å². The first-order valence-corrected chi connectivity index (χ1v) is 11.8. The van der Waals surface area contributed by atoms with Gasteiger partial charge in [0.2, 0.25) is 0 Å². The summed E-state index contributed by atoms with van der Waals surface area (Å²) in [5.74, 6) is 0. The van der Waals surface area contributed by atoms with Gasteiger partial charge in [-0.3, -0.25) is 0 Å². The van der Waals surface area contributed by atoms with Crippen LogP contribution in [-0.4, -0.2) is 0 Å². The van der Waals surface area contributed by atoms with E-state index in [-0.39, 0.29) is 0 Å². The Morgan fingerprint density at radius 2 is 0.824 bits per heavy atom. The molecule has 0 N–H and O–H groups in total. The Morgan fingerprint density at radius 3 is 1.53 bits per heavy atom. The van der Waals surface area contributed by atoms with E-state index in [1.807, 2.05) is 0 Å². The highest BCUT2D eigenvalue weighted by atomic mass is 14.2. The number of benzene rings is 7. The van der Waals surface area contributed by atoms with Gasteiger partial charge in [-0.15, -0.1) is 0 Å². The van der Waals surface area contributed by atoms with Crippen molar-refractivity contribution in [2.75, 3.05) is 0 Å². The first-order chi connectivity index (χ1) is 16.9. The summed E-state index contributed by atoms with van der Waals surface area (Å²) in [6.45, 7) is 0. The highest BCUT2D eigenvalue weighted by Crippen LogP contribution is 2.46. The van der Waals surface area contributed by atoms with Gasteiger partial charge in [0.25, 0.3) is 0 Å². The minimum absolute atomic E-state index is 1.24. The summed E-state index contributed by atoms with van der Waals surface area (Å²) in [6.07, 6.45) is 0. The lowest BCUT2D eigenvalue weighted by molar-refractivity contribution is 1.62. The van der Waals surface area contributed by atoms with Crippen molar-refractivity contribution >= 4 is 43.1 Å². The zero-order chi connectivity index (χ0) is 22.5. The predicted molar refractivity (Wildman–Crippen MR) is 147 cm³/mol. The van der Waals surface area contributed by atoms with Gasteiger partial charge in [0.15, 0.2) is 0 Å². The number of hydrogen-bond donors (Lipinski definition) is 0. The molecule has 0 unspecified atom stereocenters. The van der Waals surface area contributed by atoms with Crippen LogP contribution in [0.25, 0.3) is 65.3 Å². The van der Waals surface area contributed by atoms with Crippen LogP contribution in [-0.2, 0) is 0 Å². The quantitative estimate of drug-likeness (QED) is 0.239. The van der Waals surface area contributed by atoms with E-state index < -0.39 is 0 Å². The minimum atomic E-state index is 1.24. The SMILES string of the molecule is c1ccc(-c2ccc3c4ccccc4c4ccc5ccccc5c4c3c2-c2ccccc2)cc1. The third kappa shape index (κ3) is 2.79. The van der Waals surface area contributed by atoms with E-state index in [0.717, 1.165) is 0 Å². The lowest BCUT2D eigenvalue weighted by atomic mass is 9.84. The van der Waals surface area contributed by atoms with Gasteiger partial charge in [-0.1, -0.05) is 133 Å². The van der Waals surface area contributed by atoms with Crippen molar-refractivity contribution in [2.24, 2.45) is 0 Å². The Labute approximate surface area is 198 Å². The Balaban J connectivity index is 1.82. The summed E-state index contributed by atoms with van der Waals surface area (Å²) in [5.41, 5.74) is 5.06. The summed E-state index contributed by atoms with van der Waals surface area (Å²) in [5, 5.41) is 10.5. The van der Waals surface area contributed by atoms with E-state index in [0.29, 0.717) is 0 Å². The van der Waals surface area contributed by atoms with E-state index in [9.17, 15) is 0 Å². The van der Waals surface area contributed by atoms with Crippen LogP contribution in [0.2, 0.25) is 0 Å². The minimum Gasteiger partial charge on any atom is -0.0622 e. The average Bonchev–Trinajstić information content (AvgIpc) is 2.93. The second-order valence-electron chi connectivity index (χ2n) is 8.90. The van der Waals surface area contributed by atoms with E-state index >= 15 is 0 Å². The van der Waals surface area contributed by atoms with Crippen molar-refractivity contribution in [1.82, 2.24) is 0 Å². The lowest BCUT2D eigenvalue weighted by Crippen LogP contribution is -1.92. The summed E-state index contributed by atoms with van der Waals surface area (Å²) in [6, 6.07) is 48.5. The molecule has 0 aliphatic carbocycles. The van der Waals surface area contributed by atoms with Gasteiger partial charge in [-0.2, -0.15) is 0 Å². The topological polar surface area (TPSA) is 0 Å². The highest BCUT2D eigenvalue weighted by molar-refractivity contribution is 6.34. The van der Waals surface area contributed by atoms with Crippen molar-refractivity contribution in [3.63, 3.8) is 0 Å². The fourth-order valence-electron chi connectivity index (χ4n) is 5.57. The first-order valence-electron chi connectivity index (χ1n) is 11.8. The summed E-state index contributed by atoms with van der Waals surface area (Å²) in [7, 11) is 0. The van der Waals surface area contributed by atoms with Crippen LogP contribution in [0.3, 0.4) is 0 Å². The molecule has 0 bridgehead atoms. The van der Waals surface area contributed by atoms with E-state index in [1.165, 1.54) is 65.3 Å². The van der Waals surface area contributed by atoms with Gasteiger partial charge in [0, 0.05) is 0 Å². The van der Waals surface area contributed by atoms with Crippen molar-refractivity contribution in [3.8, 4) is 22.3 Å². The van der Waals surface area contributed by atoms with Crippen molar-refractivity contribution in [3.05, 3.63) is 133 Å². The summed E-state index contributed by atoms with van der Waals surface area (Å²) in [4.78, 5) is 0. The Kier molecular flexibility index (Phi) is 4.25. The third-order valence-corrected chi connectivity index (χ3v) is 7.04. The summed E-state index contributed by atoms with van der Waals surface area (Å²) < 4.78 is 0. The smallest absolute Gasteiger partial charge is 0.000786 e. The predicted octanol–water partition coefficient (Wildman–Crippen LogP) is 9.63. The Bertz CT molecular complexity index is 1830. The van der Waals surface area contributed by atoms with E-state index in [2.05, 4.69) is 133 Å². The van der Waals surface area contributed by atoms with Crippen molar-refractivity contribution < 1.29 is 0 Å². The monoisotopic (exact) mass is 430 g/mol. The van der Waals surface area contributed by atoms with Crippen LogP contribution < -0.4 is 0 Å². The molecule has 0 saturated heterocycles. The molecule has 0 aliphatic heterocycles. The van der Waals surface area contributed by atoms with E-state index in [1.54, 1.807) is 0 Å². The molecule has 0 heteroatoms. The molecule has 7 aromatic carbocycles. The van der Waals surface area contributed by atoms with Gasteiger partial charge in [0.05, 0.1) is 0 Å². The zero-order valence-corrected chi connectivity index (χ0v) is 18.7. The normalized spacial score (nSPS) is 11.5. The molecule has 0 atom stereocenters. The largest absolute Gasteiger partial charge is 0.0622 e. The van der Waals surface area contributed by atoms with Gasteiger partial charge >= 0.3 is 0 Å². The highest BCUT2D eigenvalue weighted by Gasteiger charge is 2.18. The molecule has 0 fully saturated rings. The van der Waals surface area contributed by atoms with Gasteiger partial charge in [0.1, 0.15) is 0 Å². The van der Waals surface area contributed by atoms with Crippen molar-refractivity contribution in [2.45, 2.75) is 0 Å². The fourth-order valence-corrected chi connectivity index (χ4v) is 5.57. The molecule has 7 aromatic rings. The molecule has 0 spiro atoms. The molecule has 0 amide bonds. The van der Waals surface area contributed by atoms with Gasteiger partial charge in [-0.05, 0) is 65.3 Å². The number of fused-ring (bicyclic) bond motifs is 8. The Morgan fingerprint density at radius 1 is 0.294 bits per heavy atom. The maximum absolute atomic E-state index is 2.33. The molecule has 0 saturated carbocycles. The fraction of sp³-hybridized carbons (Fsp3) is 0. The standard InChI is InChI=1S/C34H22/c1-3-11-23(12-4-1)27-21-22-31-29-18-10-9-17-28(29)30-20-19-24-13-7-8-16-26(24)33(30)34(31)32(27)25-14-5-2-6-15-25/h1-22H. The van der Waals surface area contributed by atoms with E-state index in [4.69, 9.17) is 0 Å². The van der Waals surface area contributed by atoms with Gasteiger partial charge in [-0.25, -0.2) is 0 Å².